The molecule has 4 heterocycles. The SMILES string of the molecule is COc1cccc2ccc(-c3nnc4ccc([C@H](N5CCC(N)C5)C(F)(F)F)cn34)nc12.Cl.Cl. The zero-order valence-electron chi connectivity index (χ0n) is 18.1. The molecule has 1 fully saturated rings. The number of likely N-dealkylation sites (tertiary alicyclic amines) is 1. The molecule has 1 aliphatic heterocycles. The second kappa shape index (κ2) is 9.91. The summed E-state index contributed by atoms with van der Waals surface area (Å²) in [7, 11) is 1.56. The molecule has 2 atom stereocenters. The van der Waals surface area contributed by atoms with Crippen LogP contribution in [0.5, 0.6) is 5.75 Å². The molecule has 1 aromatic carbocycles. The number of nitrogens with two attached hydrogens (primary N) is 1. The van der Waals surface area contributed by atoms with Crippen LogP contribution in [0.4, 0.5) is 13.2 Å². The van der Waals surface area contributed by atoms with E-state index in [0.29, 0.717) is 41.4 Å². The van der Waals surface area contributed by atoms with Gasteiger partial charge in [0.15, 0.2) is 11.5 Å². The van der Waals surface area contributed by atoms with Gasteiger partial charge in [-0.05, 0) is 30.2 Å². The summed E-state index contributed by atoms with van der Waals surface area (Å²) in [6.45, 7) is 0.494. The summed E-state index contributed by atoms with van der Waals surface area (Å²) in [6.07, 6.45) is -2.46. The minimum atomic E-state index is -4.44. The number of benzene rings is 1. The summed E-state index contributed by atoms with van der Waals surface area (Å²) in [4.78, 5) is 6.04. The van der Waals surface area contributed by atoms with E-state index in [9.17, 15) is 13.2 Å². The molecule has 0 radical (unpaired) electrons. The molecule has 182 valence electrons. The van der Waals surface area contributed by atoms with Gasteiger partial charge >= 0.3 is 6.18 Å². The van der Waals surface area contributed by atoms with Crippen molar-refractivity contribution in [1.29, 1.82) is 0 Å². The van der Waals surface area contributed by atoms with Crippen molar-refractivity contribution in [2.75, 3.05) is 20.2 Å². The summed E-state index contributed by atoms with van der Waals surface area (Å²) < 4.78 is 49.1. The number of rotatable bonds is 4. The van der Waals surface area contributed by atoms with Crippen molar-refractivity contribution in [1.82, 2.24) is 24.5 Å². The van der Waals surface area contributed by atoms with E-state index in [2.05, 4.69) is 15.2 Å². The highest BCUT2D eigenvalue weighted by atomic mass is 35.5. The summed E-state index contributed by atoms with van der Waals surface area (Å²) in [6, 6.07) is 10.2. The minimum Gasteiger partial charge on any atom is -0.494 e. The molecule has 1 unspecified atom stereocenters. The molecular weight excluding hydrogens is 492 g/mol. The monoisotopic (exact) mass is 514 g/mol. The van der Waals surface area contributed by atoms with E-state index in [-0.39, 0.29) is 43.0 Å². The predicted octanol–water partition coefficient (Wildman–Crippen LogP) is 4.43. The summed E-state index contributed by atoms with van der Waals surface area (Å²) >= 11 is 0. The smallest absolute Gasteiger partial charge is 0.408 e. The van der Waals surface area contributed by atoms with Crippen LogP contribution in [-0.4, -0.2) is 56.9 Å². The van der Waals surface area contributed by atoms with Gasteiger partial charge in [0.1, 0.15) is 23.0 Å². The molecule has 1 saturated heterocycles. The molecule has 3 aromatic heterocycles. The van der Waals surface area contributed by atoms with Gasteiger partial charge in [-0.2, -0.15) is 13.2 Å². The molecule has 1 aliphatic rings. The van der Waals surface area contributed by atoms with Crippen LogP contribution in [0.2, 0.25) is 0 Å². The lowest BCUT2D eigenvalue weighted by Crippen LogP contribution is -2.38. The van der Waals surface area contributed by atoms with Crippen molar-refractivity contribution in [3.05, 3.63) is 54.2 Å². The highest BCUT2D eigenvalue weighted by Crippen LogP contribution is 2.39. The van der Waals surface area contributed by atoms with Crippen molar-refractivity contribution in [3.63, 3.8) is 0 Å². The zero-order valence-corrected chi connectivity index (χ0v) is 19.7. The quantitative estimate of drug-likeness (QED) is 0.433. The molecule has 0 bridgehead atoms. The molecule has 4 aromatic rings. The van der Waals surface area contributed by atoms with Crippen LogP contribution in [0.3, 0.4) is 0 Å². The van der Waals surface area contributed by atoms with E-state index < -0.39 is 12.2 Å². The van der Waals surface area contributed by atoms with E-state index in [0.717, 1.165) is 5.39 Å². The molecule has 0 aliphatic carbocycles. The second-order valence-electron chi connectivity index (χ2n) is 7.93. The Bertz CT molecular complexity index is 1300. The topological polar surface area (TPSA) is 81.6 Å². The third-order valence-electron chi connectivity index (χ3n) is 5.80. The minimum absolute atomic E-state index is 0. The highest BCUT2D eigenvalue weighted by molar-refractivity contribution is 5.86. The fraction of sp³-hybridized carbons (Fsp3) is 0.318. The van der Waals surface area contributed by atoms with Gasteiger partial charge in [-0.25, -0.2) is 4.98 Å². The Morgan fingerprint density at radius 2 is 1.88 bits per heavy atom. The standard InChI is InChI=1S/C22H21F3N6O.2ClH/c1-32-17-4-2-3-13-5-7-16(27-19(13)17)21-29-28-18-8-6-14(11-31(18)21)20(22(23,24)25)30-10-9-15(26)12-30;;/h2-8,11,15,20H,9-10,12,26H2,1H3;2*1H/t15?,20-;;/m0../s1. The lowest BCUT2D eigenvalue weighted by Gasteiger charge is -2.30. The Balaban J connectivity index is 0.00000162. The number of halogens is 5. The van der Waals surface area contributed by atoms with E-state index in [1.54, 1.807) is 29.7 Å². The van der Waals surface area contributed by atoms with Gasteiger partial charge in [-0.1, -0.05) is 24.3 Å². The maximum atomic E-state index is 14.0. The molecule has 12 heteroatoms. The molecule has 0 saturated carbocycles. The third kappa shape index (κ3) is 4.63. The molecule has 0 amide bonds. The van der Waals surface area contributed by atoms with Crippen LogP contribution in [0, 0.1) is 0 Å². The Hall–Kier alpha value is -2.66. The van der Waals surface area contributed by atoms with Crippen LogP contribution >= 0.6 is 24.8 Å². The maximum Gasteiger partial charge on any atom is 0.408 e. The fourth-order valence-corrected chi connectivity index (χ4v) is 4.31. The number of nitrogens with zero attached hydrogens (tertiary/aromatic N) is 5. The normalized spacial score (nSPS) is 17.4. The summed E-state index contributed by atoms with van der Waals surface area (Å²) in [5.41, 5.74) is 7.54. The average Bonchev–Trinajstić information content (AvgIpc) is 3.38. The van der Waals surface area contributed by atoms with Crippen molar-refractivity contribution in [2.24, 2.45) is 5.73 Å². The van der Waals surface area contributed by atoms with Crippen LogP contribution in [0.15, 0.2) is 48.7 Å². The van der Waals surface area contributed by atoms with E-state index in [1.807, 2.05) is 18.2 Å². The van der Waals surface area contributed by atoms with Crippen LogP contribution in [0.25, 0.3) is 28.1 Å². The lowest BCUT2D eigenvalue weighted by atomic mass is 10.1. The first-order valence-corrected chi connectivity index (χ1v) is 10.2. The molecule has 34 heavy (non-hydrogen) atoms. The van der Waals surface area contributed by atoms with Crippen molar-refractivity contribution >= 4 is 41.4 Å². The van der Waals surface area contributed by atoms with Gasteiger partial charge in [0.2, 0.25) is 0 Å². The van der Waals surface area contributed by atoms with Gasteiger partial charge in [-0.3, -0.25) is 9.30 Å². The Labute approximate surface area is 205 Å². The first kappa shape index (κ1) is 26.0. The Morgan fingerprint density at radius 3 is 2.56 bits per heavy atom. The first-order chi connectivity index (χ1) is 15.3. The van der Waals surface area contributed by atoms with Crippen LogP contribution < -0.4 is 10.5 Å². The first-order valence-electron chi connectivity index (χ1n) is 10.2. The largest absolute Gasteiger partial charge is 0.494 e. The molecule has 0 spiro atoms. The van der Waals surface area contributed by atoms with Crippen molar-refractivity contribution in [2.45, 2.75) is 24.7 Å². The second-order valence-corrected chi connectivity index (χ2v) is 7.93. The number of fused-ring (bicyclic) bond motifs is 2. The Morgan fingerprint density at radius 1 is 1.09 bits per heavy atom. The van der Waals surface area contributed by atoms with E-state index in [1.165, 1.54) is 17.2 Å². The maximum absolute atomic E-state index is 14.0. The van der Waals surface area contributed by atoms with Crippen molar-refractivity contribution in [3.8, 4) is 17.3 Å². The number of aromatic nitrogens is 4. The zero-order chi connectivity index (χ0) is 22.5. The van der Waals surface area contributed by atoms with Gasteiger partial charge < -0.3 is 10.5 Å². The number of alkyl halides is 3. The number of hydrogen-bond donors (Lipinski definition) is 1. The van der Waals surface area contributed by atoms with Gasteiger partial charge in [-0.15, -0.1) is 35.0 Å². The number of hydrogen-bond acceptors (Lipinski definition) is 6. The molecule has 5 rings (SSSR count). The molecular formula is C22H23Cl2F3N6O. The number of pyridine rings is 2. The number of methoxy groups -OCH3 is 1. The summed E-state index contributed by atoms with van der Waals surface area (Å²) in [5.74, 6) is 0.954. The highest BCUT2D eigenvalue weighted by Gasteiger charge is 2.46. The lowest BCUT2D eigenvalue weighted by molar-refractivity contribution is -0.183. The number of para-hydroxylation sites is 1. The summed E-state index contributed by atoms with van der Waals surface area (Å²) in [5, 5.41) is 9.19. The molecule has 7 nitrogen and oxygen atoms in total. The van der Waals surface area contributed by atoms with Gasteiger partial charge in [0, 0.05) is 30.7 Å². The van der Waals surface area contributed by atoms with Crippen LogP contribution in [-0.2, 0) is 0 Å². The number of ether oxygens (including phenoxy) is 1. The van der Waals surface area contributed by atoms with E-state index in [4.69, 9.17) is 10.5 Å². The van der Waals surface area contributed by atoms with Crippen molar-refractivity contribution < 1.29 is 17.9 Å². The Kier molecular flexibility index (Phi) is 7.56. The van der Waals surface area contributed by atoms with Gasteiger partial charge in [0.05, 0.1) is 7.11 Å². The van der Waals surface area contributed by atoms with Crippen LogP contribution in [0.1, 0.15) is 18.0 Å². The predicted molar refractivity (Wildman–Crippen MR) is 128 cm³/mol. The average molecular weight is 515 g/mol. The molecule has 2 N–H and O–H groups in total. The van der Waals surface area contributed by atoms with E-state index >= 15 is 0 Å². The van der Waals surface area contributed by atoms with Gasteiger partial charge in [0.25, 0.3) is 0 Å². The third-order valence-corrected chi connectivity index (χ3v) is 5.80. The fourth-order valence-electron chi connectivity index (χ4n) is 4.31.